The third-order valence-corrected chi connectivity index (χ3v) is 5.47. The zero-order valence-electron chi connectivity index (χ0n) is 13.7. The number of carbonyl (C=O) groups is 1. The lowest BCUT2D eigenvalue weighted by molar-refractivity contribution is -0.134. The molecule has 2 aliphatic rings. The quantitative estimate of drug-likeness (QED) is 0.867. The Morgan fingerprint density at radius 3 is 2.43 bits per heavy atom. The van der Waals surface area contributed by atoms with E-state index in [2.05, 4.69) is 52.3 Å². The van der Waals surface area contributed by atoms with Crippen LogP contribution in [0.3, 0.4) is 0 Å². The van der Waals surface area contributed by atoms with Crippen LogP contribution in [0.5, 0.6) is 0 Å². The number of amides is 1. The zero-order valence-corrected chi connectivity index (χ0v) is 13.7. The van der Waals surface area contributed by atoms with Crippen LogP contribution in [0.2, 0.25) is 0 Å². The molecule has 0 aromatic heterocycles. The van der Waals surface area contributed by atoms with Crippen LogP contribution in [0.4, 0.5) is 0 Å². The van der Waals surface area contributed by atoms with E-state index in [1.807, 2.05) is 6.92 Å². The van der Waals surface area contributed by atoms with E-state index >= 15 is 0 Å². The van der Waals surface area contributed by atoms with Crippen LogP contribution < -0.4 is 0 Å². The molecule has 0 saturated carbocycles. The molecule has 2 aliphatic heterocycles. The predicted molar refractivity (Wildman–Crippen MR) is 93.2 cm³/mol. The third-order valence-electron chi connectivity index (χ3n) is 5.47. The second-order valence-corrected chi connectivity index (χ2v) is 6.89. The Balaban J connectivity index is 1.52. The van der Waals surface area contributed by atoms with Gasteiger partial charge in [0, 0.05) is 38.1 Å². The second-order valence-electron chi connectivity index (χ2n) is 6.89. The molecule has 2 saturated heterocycles. The minimum atomic E-state index is 0.312. The van der Waals surface area contributed by atoms with E-state index in [1.54, 1.807) is 0 Å². The first-order valence-electron chi connectivity index (χ1n) is 8.76. The molecule has 0 spiro atoms. The summed E-state index contributed by atoms with van der Waals surface area (Å²) < 4.78 is 0. The average molecular weight is 308 g/mol. The average Bonchev–Trinajstić information content (AvgIpc) is 2.82. The SMILES string of the molecule is CCC(=O)N1C[C@H]2CC[C@@H](C1)N2Cc1ccc2ccccc2c1. The van der Waals surface area contributed by atoms with Gasteiger partial charge in [0.1, 0.15) is 0 Å². The van der Waals surface area contributed by atoms with Crippen LogP contribution in [0.15, 0.2) is 42.5 Å². The smallest absolute Gasteiger partial charge is 0.222 e. The molecule has 2 bridgehead atoms. The number of fused-ring (bicyclic) bond motifs is 3. The molecular weight excluding hydrogens is 284 g/mol. The largest absolute Gasteiger partial charge is 0.340 e. The maximum atomic E-state index is 12.0. The number of hydrogen-bond acceptors (Lipinski definition) is 2. The van der Waals surface area contributed by atoms with Crippen LogP contribution in [-0.4, -0.2) is 40.9 Å². The summed E-state index contributed by atoms with van der Waals surface area (Å²) >= 11 is 0. The number of rotatable bonds is 3. The summed E-state index contributed by atoms with van der Waals surface area (Å²) in [5.74, 6) is 0.312. The summed E-state index contributed by atoms with van der Waals surface area (Å²) in [4.78, 5) is 16.7. The van der Waals surface area contributed by atoms with E-state index in [0.29, 0.717) is 24.4 Å². The maximum Gasteiger partial charge on any atom is 0.222 e. The first-order valence-corrected chi connectivity index (χ1v) is 8.76. The third kappa shape index (κ3) is 2.74. The van der Waals surface area contributed by atoms with Crippen molar-refractivity contribution < 1.29 is 4.79 Å². The number of likely N-dealkylation sites (tertiary alicyclic amines) is 1. The Labute approximate surface area is 137 Å². The predicted octanol–water partition coefficient (Wildman–Crippen LogP) is 3.43. The summed E-state index contributed by atoms with van der Waals surface area (Å²) in [7, 11) is 0. The Morgan fingerprint density at radius 2 is 1.74 bits per heavy atom. The molecule has 3 nitrogen and oxygen atoms in total. The summed E-state index contributed by atoms with van der Waals surface area (Å²) in [6.45, 7) is 4.80. The van der Waals surface area contributed by atoms with Gasteiger partial charge in [-0.05, 0) is 35.2 Å². The molecule has 4 rings (SSSR count). The van der Waals surface area contributed by atoms with E-state index in [9.17, 15) is 4.79 Å². The highest BCUT2D eigenvalue weighted by Gasteiger charge is 2.40. The van der Waals surface area contributed by atoms with E-state index in [-0.39, 0.29) is 0 Å². The van der Waals surface area contributed by atoms with Gasteiger partial charge in [-0.2, -0.15) is 0 Å². The highest BCUT2D eigenvalue weighted by Crippen LogP contribution is 2.32. The van der Waals surface area contributed by atoms with Gasteiger partial charge in [0.05, 0.1) is 0 Å². The Bertz CT molecular complexity index is 712. The van der Waals surface area contributed by atoms with Crippen LogP contribution in [-0.2, 0) is 11.3 Å². The van der Waals surface area contributed by atoms with E-state index in [4.69, 9.17) is 0 Å². The van der Waals surface area contributed by atoms with Gasteiger partial charge in [0.25, 0.3) is 0 Å². The van der Waals surface area contributed by atoms with Gasteiger partial charge in [0.2, 0.25) is 5.91 Å². The van der Waals surface area contributed by atoms with E-state index in [1.165, 1.54) is 29.2 Å². The second kappa shape index (κ2) is 5.97. The Kier molecular flexibility index (Phi) is 3.82. The van der Waals surface area contributed by atoms with Gasteiger partial charge in [0.15, 0.2) is 0 Å². The van der Waals surface area contributed by atoms with Crippen LogP contribution >= 0.6 is 0 Å². The van der Waals surface area contributed by atoms with Crippen molar-refractivity contribution in [3.63, 3.8) is 0 Å². The van der Waals surface area contributed by atoms with Gasteiger partial charge in [-0.25, -0.2) is 0 Å². The minimum absolute atomic E-state index is 0.312. The number of benzene rings is 2. The van der Waals surface area contributed by atoms with Gasteiger partial charge < -0.3 is 4.90 Å². The normalized spacial score (nSPS) is 24.3. The fourth-order valence-electron chi connectivity index (χ4n) is 4.22. The zero-order chi connectivity index (χ0) is 15.8. The molecule has 0 radical (unpaired) electrons. The van der Waals surface area contributed by atoms with Crippen molar-refractivity contribution in [3.8, 4) is 0 Å². The van der Waals surface area contributed by atoms with Gasteiger partial charge >= 0.3 is 0 Å². The van der Waals surface area contributed by atoms with Gasteiger partial charge in [-0.15, -0.1) is 0 Å². The lowest BCUT2D eigenvalue weighted by Crippen LogP contribution is -2.54. The highest BCUT2D eigenvalue weighted by molar-refractivity contribution is 5.83. The van der Waals surface area contributed by atoms with Crippen LogP contribution in [0.1, 0.15) is 31.7 Å². The standard InChI is InChI=1S/C20H24N2O/c1-2-20(23)21-13-18-9-10-19(14-21)22(18)12-15-7-8-16-5-3-4-6-17(16)11-15/h3-8,11,18-19H,2,9-10,12-14H2,1H3/t18-,19+. The maximum absolute atomic E-state index is 12.0. The monoisotopic (exact) mass is 308 g/mol. The van der Waals surface area contributed by atoms with Crippen molar-refractivity contribution in [2.24, 2.45) is 0 Å². The van der Waals surface area contributed by atoms with Crippen molar-refractivity contribution in [2.75, 3.05) is 13.1 Å². The Morgan fingerprint density at radius 1 is 1.04 bits per heavy atom. The van der Waals surface area contributed by atoms with E-state index in [0.717, 1.165) is 19.6 Å². The van der Waals surface area contributed by atoms with Crippen LogP contribution in [0, 0.1) is 0 Å². The molecule has 0 unspecified atom stereocenters. The Hall–Kier alpha value is -1.87. The fourth-order valence-corrected chi connectivity index (χ4v) is 4.22. The summed E-state index contributed by atoms with van der Waals surface area (Å²) in [5.41, 5.74) is 1.39. The number of hydrogen-bond donors (Lipinski definition) is 0. The molecule has 2 aromatic carbocycles. The molecule has 0 aliphatic carbocycles. The summed E-state index contributed by atoms with van der Waals surface area (Å²) in [6, 6.07) is 16.4. The number of carbonyl (C=O) groups excluding carboxylic acids is 1. The molecule has 2 fully saturated rings. The van der Waals surface area contributed by atoms with Crippen LogP contribution in [0.25, 0.3) is 10.8 Å². The molecule has 2 heterocycles. The first kappa shape index (κ1) is 14.7. The number of piperazine rings is 1. The molecular formula is C20H24N2O. The fraction of sp³-hybridized carbons (Fsp3) is 0.450. The lowest BCUT2D eigenvalue weighted by atomic mass is 10.1. The molecule has 120 valence electrons. The molecule has 0 N–H and O–H groups in total. The molecule has 23 heavy (non-hydrogen) atoms. The van der Waals surface area contributed by atoms with Crippen molar-refractivity contribution >= 4 is 16.7 Å². The summed E-state index contributed by atoms with van der Waals surface area (Å²) in [6.07, 6.45) is 3.08. The van der Waals surface area contributed by atoms with Gasteiger partial charge in [-0.3, -0.25) is 9.69 Å². The summed E-state index contributed by atoms with van der Waals surface area (Å²) in [5, 5.41) is 2.62. The van der Waals surface area contributed by atoms with Gasteiger partial charge in [-0.1, -0.05) is 43.3 Å². The van der Waals surface area contributed by atoms with Crippen molar-refractivity contribution in [1.29, 1.82) is 0 Å². The molecule has 3 heteroatoms. The first-order chi connectivity index (χ1) is 11.2. The minimum Gasteiger partial charge on any atom is -0.340 e. The molecule has 1 amide bonds. The van der Waals surface area contributed by atoms with E-state index < -0.39 is 0 Å². The lowest BCUT2D eigenvalue weighted by Gasteiger charge is -2.41. The number of nitrogens with zero attached hydrogens (tertiary/aromatic N) is 2. The van der Waals surface area contributed by atoms with Crippen molar-refractivity contribution in [3.05, 3.63) is 48.0 Å². The highest BCUT2D eigenvalue weighted by atomic mass is 16.2. The van der Waals surface area contributed by atoms with Crippen molar-refractivity contribution in [2.45, 2.75) is 44.8 Å². The molecule has 2 atom stereocenters. The molecule has 2 aromatic rings. The topological polar surface area (TPSA) is 23.6 Å². The van der Waals surface area contributed by atoms with Crippen molar-refractivity contribution in [1.82, 2.24) is 9.80 Å².